The van der Waals surface area contributed by atoms with Crippen molar-refractivity contribution in [1.29, 1.82) is 0 Å². The molecule has 0 radical (unpaired) electrons. The first kappa shape index (κ1) is 13.7. The summed E-state index contributed by atoms with van der Waals surface area (Å²) in [5.74, 6) is 2.83. The molecule has 4 heteroatoms. The van der Waals surface area contributed by atoms with Gasteiger partial charge in [0.2, 0.25) is 0 Å². The average Bonchev–Trinajstić information content (AvgIpc) is 2.54. The summed E-state index contributed by atoms with van der Waals surface area (Å²) in [5, 5.41) is 0. The van der Waals surface area contributed by atoms with Gasteiger partial charge in [-0.15, -0.1) is 0 Å². The molecule has 0 bridgehead atoms. The number of para-hydroxylation sites is 1. The molecule has 3 rings (SSSR count). The summed E-state index contributed by atoms with van der Waals surface area (Å²) >= 11 is 3.34. The minimum Gasteiger partial charge on any atom is -0.246 e. The van der Waals surface area contributed by atoms with Gasteiger partial charge in [0.15, 0.2) is 0 Å². The lowest BCUT2D eigenvalue weighted by molar-refractivity contribution is 0.218. The van der Waals surface area contributed by atoms with Crippen LogP contribution in [0.2, 0.25) is 0 Å². The third kappa shape index (κ3) is 2.30. The Morgan fingerprint density at radius 1 is 1.05 bits per heavy atom. The molecule has 1 aliphatic heterocycles. The van der Waals surface area contributed by atoms with Crippen LogP contribution in [0.4, 0.5) is 10.5 Å². The number of anilines is 1. The predicted octanol–water partition coefficient (Wildman–Crippen LogP) is 4.31. The van der Waals surface area contributed by atoms with Gasteiger partial charge in [0, 0.05) is 11.6 Å². The molecule has 0 spiro atoms. The Kier molecular flexibility index (Phi) is 3.68. The van der Waals surface area contributed by atoms with Gasteiger partial charge in [0.25, 0.3) is 0 Å². The maximum absolute atomic E-state index is 12.6. The highest BCUT2D eigenvalue weighted by molar-refractivity contribution is 9.10. The summed E-state index contributed by atoms with van der Waals surface area (Å²) < 4.78 is 1.46. The van der Waals surface area contributed by atoms with Crippen molar-refractivity contribution in [1.82, 2.24) is 4.90 Å². The molecule has 1 aliphatic rings. The number of rotatable bonds is 1. The largest absolute Gasteiger partial charge is 0.347 e. The van der Waals surface area contributed by atoms with Crippen LogP contribution in [0.3, 0.4) is 0 Å². The van der Waals surface area contributed by atoms with Gasteiger partial charge >= 0.3 is 6.03 Å². The summed E-state index contributed by atoms with van der Waals surface area (Å²) in [6, 6.07) is 20.3. The highest BCUT2D eigenvalue weighted by Gasteiger charge is 2.37. The quantitative estimate of drug-likeness (QED) is 0.560. The lowest BCUT2D eigenvalue weighted by Crippen LogP contribution is -2.43. The van der Waals surface area contributed by atoms with Gasteiger partial charge in [0.1, 0.15) is 0 Å². The molecule has 1 atom stereocenters. The summed E-state index contributed by atoms with van der Waals surface area (Å²) in [6.45, 7) is 1.73. The van der Waals surface area contributed by atoms with Crippen LogP contribution in [0.1, 0.15) is 24.1 Å². The number of carbonyl (C=O) groups excluding carboxylic acids is 1. The predicted molar refractivity (Wildman–Crippen MR) is 86.8 cm³/mol. The molecule has 2 aromatic rings. The van der Waals surface area contributed by atoms with E-state index >= 15 is 0 Å². The number of halogens is 1. The topological polar surface area (TPSA) is 23.6 Å². The van der Waals surface area contributed by atoms with Crippen LogP contribution in [0.25, 0.3) is 0 Å². The third-order valence-corrected chi connectivity index (χ3v) is 4.11. The zero-order chi connectivity index (χ0) is 14.8. The maximum Gasteiger partial charge on any atom is 0.347 e. The SMILES string of the molecule is CC#CN1C(=O)N(Br)c2ccccc2C1c1ccccc1. The zero-order valence-corrected chi connectivity index (χ0v) is 13.0. The van der Waals surface area contributed by atoms with Crippen molar-refractivity contribution in [3.8, 4) is 12.0 Å². The standard InChI is InChI=1S/C17H13BrN2O/c1-2-12-19-16(13-8-4-3-5-9-13)14-10-6-7-11-15(14)20(18)17(19)21/h3-11,16H,1H3. The Morgan fingerprint density at radius 3 is 2.43 bits per heavy atom. The average molecular weight is 341 g/mol. The van der Waals surface area contributed by atoms with Gasteiger partial charge in [-0.3, -0.25) is 0 Å². The second-order valence-corrected chi connectivity index (χ2v) is 5.38. The molecule has 1 heterocycles. The maximum atomic E-state index is 12.6. The van der Waals surface area contributed by atoms with Crippen LogP contribution in [0.5, 0.6) is 0 Å². The number of fused-ring (bicyclic) bond motifs is 1. The van der Waals surface area contributed by atoms with Gasteiger partial charge in [0.05, 0.1) is 27.9 Å². The first-order valence-corrected chi connectivity index (χ1v) is 7.30. The first-order valence-electron chi connectivity index (χ1n) is 6.59. The van der Waals surface area contributed by atoms with E-state index in [2.05, 4.69) is 28.1 Å². The van der Waals surface area contributed by atoms with Crippen LogP contribution in [-0.2, 0) is 0 Å². The Balaban J connectivity index is 2.23. The van der Waals surface area contributed by atoms with Gasteiger partial charge in [-0.05, 0) is 18.6 Å². The lowest BCUT2D eigenvalue weighted by Gasteiger charge is -2.37. The van der Waals surface area contributed by atoms with Crippen molar-refractivity contribution in [2.24, 2.45) is 0 Å². The number of amides is 2. The number of nitrogens with zero attached hydrogens (tertiary/aromatic N) is 2. The normalized spacial score (nSPS) is 17.0. The molecule has 3 nitrogen and oxygen atoms in total. The Bertz CT molecular complexity index is 733. The number of benzene rings is 2. The molecule has 104 valence electrons. The fourth-order valence-electron chi connectivity index (χ4n) is 2.54. The van der Waals surface area contributed by atoms with Crippen LogP contribution in [0, 0.1) is 12.0 Å². The van der Waals surface area contributed by atoms with E-state index in [1.807, 2.05) is 54.6 Å². The van der Waals surface area contributed by atoms with Gasteiger partial charge in [-0.1, -0.05) is 54.5 Å². The van der Waals surface area contributed by atoms with Crippen LogP contribution in [-0.4, -0.2) is 10.9 Å². The summed E-state index contributed by atoms with van der Waals surface area (Å²) in [7, 11) is 0. The van der Waals surface area contributed by atoms with E-state index in [0.29, 0.717) is 0 Å². The highest BCUT2D eigenvalue weighted by Crippen LogP contribution is 2.41. The molecule has 1 unspecified atom stereocenters. The van der Waals surface area contributed by atoms with Crippen molar-refractivity contribution in [3.05, 3.63) is 65.7 Å². The molecule has 0 saturated heterocycles. The summed E-state index contributed by atoms with van der Waals surface area (Å²) in [4.78, 5) is 14.1. The summed E-state index contributed by atoms with van der Waals surface area (Å²) in [6.07, 6.45) is 0. The number of urea groups is 1. The monoisotopic (exact) mass is 340 g/mol. The Labute approximate surface area is 132 Å². The fourth-order valence-corrected chi connectivity index (χ4v) is 3.04. The molecule has 0 N–H and O–H groups in total. The van der Waals surface area contributed by atoms with E-state index in [9.17, 15) is 4.79 Å². The van der Waals surface area contributed by atoms with E-state index < -0.39 is 0 Å². The first-order chi connectivity index (χ1) is 10.2. The van der Waals surface area contributed by atoms with Gasteiger partial charge < -0.3 is 0 Å². The van der Waals surface area contributed by atoms with E-state index in [0.717, 1.165) is 16.8 Å². The van der Waals surface area contributed by atoms with Crippen molar-refractivity contribution in [2.75, 3.05) is 3.93 Å². The van der Waals surface area contributed by atoms with Crippen LogP contribution in [0.15, 0.2) is 54.6 Å². The Hall–Kier alpha value is -2.25. The zero-order valence-electron chi connectivity index (χ0n) is 11.5. The molecule has 2 amide bonds. The molecule has 0 saturated carbocycles. The number of hydrogen-bond donors (Lipinski definition) is 0. The Morgan fingerprint density at radius 2 is 1.71 bits per heavy atom. The summed E-state index contributed by atoms with van der Waals surface area (Å²) in [5.41, 5.74) is 2.94. The van der Waals surface area contributed by atoms with Crippen LogP contribution < -0.4 is 3.93 Å². The molecule has 21 heavy (non-hydrogen) atoms. The highest BCUT2D eigenvalue weighted by atomic mass is 79.9. The molecule has 0 aromatic heterocycles. The van der Waals surface area contributed by atoms with E-state index in [1.54, 1.807) is 11.8 Å². The number of carbonyl (C=O) groups is 1. The van der Waals surface area contributed by atoms with E-state index in [4.69, 9.17) is 0 Å². The molecule has 2 aromatic carbocycles. The molecule has 0 fully saturated rings. The second kappa shape index (κ2) is 5.63. The minimum atomic E-state index is -0.198. The second-order valence-electron chi connectivity index (χ2n) is 4.67. The van der Waals surface area contributed by atoms with E-state index in [1.165, 1.54) is 3.93 Å². The smallest absolute Gasteiger partial charge is 0.246 e. The number of hydrogen-bond acceptors (Lipinski definition) is 1. The van der Waals surface area contributed by atoms with Gasteiger partial charge in [-0.25, -0.2) is 13.6 Å². The molecule has 0 aliphatic carbocycles. The van der Waals surface area contributed by atoms with Crippen molar-refractivity contribution < 1.29 is 4.79 Å². The fraction of sp³-hybridized carbons (Fsp3) is 0.118. The lowest BCUT2D eigenvalue weighted by atomic mass is 9.94. The molecular formula is C17H13BrN2O. The van der Waals surface area contributed by atoms with E-state index in [-0.39, 0.29) is 12.1 Å². The molecular weight excluding hydrogens is 328 g/mol. The van der Waals surface area contributed by atoms with Crippen molar-refractivity contribution in [2.45, 2.75) is 13.0 Å². The van der Waals surface area contributed by atoms with Crippen molar-refractivity contribution >= 4 is 27.9 Å². The van der Waals surface area contributed by atoms with Crippen LogP contribution >= 0.6 is 16.1 Å². The van der Waals surface area contributed by atoms with Crippen molar-refractivity contribution in [3.63, 3.8) is 0 Å². The minimum absolute atomic E-state index is 0.183. The third-order valence-electron chi connectivity index (χ3n) is 3.42. The van der Waals surface area contributed by atoms with Gasteiger partial charge in [-0.2, -0.15) is 0 Å².